The van der Waals surface area contributed by atoms with Gasteiger partial charge in [0.1, 0.15) is 11.6 Å². The second kappa shape index (κ2) is 10.6. The average molecular weight is 387 g/mol. The zero-order valence-electron chi connectivity index (χ0n) is 14.8. The molecule has 25 heavy (non-hydrogen) atoms. The monoisotopic (exact) mass is 386 g/mol. The van der Waals surface area contributed by atoms with Crippen molar-refractivity contribution in [3.63, 3.8) is 0 Å². The van der Waals surface area contributed by atoms with Gasteiger partial charge in [0, 0.05) is 41.1 Å². The predicted molar refractivity (Wildman–Crippen MR) is 104 cm³/mol. The first-order valence-corrected chi connectivity index (χ1v) is 10.5. The van der Waals surface area contributed by atoms with Crippen LogP contribution in [0.1, 0.15) is 32.6 Å². The molecule has 1 fully saturated rings. The molecular formula is C17H27ClN4O2S. The third-order valence-corrected chi connectivity index (χ3v) is 6.23. The standard InChI is InChI=1S/C17H27ClN4O2S/c1-3-25(23)14-7-4-6-13(12-14)22-17(19-2)21-10-11-24-16-15(18)8-5-9-20-16/h5,8-9,13-14H,3-4,6-7,10-12H2,1-2H3,(H2,19,21,22). The molecule has 1 aromatic rings. The Hall–Kier alpha value is -1.34. The molecule has 8 heteroatoms. The number of ether oxygens (including phenoxy) is 1. The Morgan fingerprint density at radius 2 is 2.36 bits per heavy atom. The fourth-order valence-electron chi connectivity index (χ4n) is 2.93. The van der Waals surface area contributed by atoms with Crippen molar-refractivity contribution in [2.75, 3.05) is 26.0 Å². The first-order chi connectivity index (χ1) is 12.1. The lowest BCUT2D eigenvalue weighted by Gasteiger charge is -2.30. The molecule has 2 N–H and O–H groups in total. The molecular weight excluding hydrogens is 360 g/mol. The van der Waals surface area contributed by atoms with E-state index in [9.17, 15) is 4.21 Å². The van der Waals surface area contributed by atoms with Gasteiger partial charge in [0.25, 0.3) is 0 Å². The molecule has 0 spiro atoms. The Bertz CT molecular complexity index is 600. The number of nitrogens with one attached hydrogen (secondary N) is 2. The zero-order valence-corrected chi connectivity index (χ0v) is 16.4. The van der Waals surface area contributed by atoms with Gasteiger partial charge >= 0.3 is 0 Å². The number of rotatable bonds is 7. The highest BCUT2D eigenvalue weighted by atomic mass is 35.5. The maximum Gasteiger partial charge on any atom is 0.232 e. The molecule has 0 radical (unpaired) electrons. The Labute approximate surface area is 157 Å². The van der Waals surface area contributed by atoms with Crippen molar-refractivity contribution in [2.45, 2.75) is 43.9 Å². The van der Waals surface area contributed by atoms with Crippen molar-refractivity contribution in [3.8, 4) is 5.88 Å². The van der Waals surface area contributed by atoms with Crippen molar-refractivity contribution in [1.29, 1.82) is 0 Å². The number of hydrogen-bond donors (Lipinski definition) is 2. The average Bonchev–Trinajstić information content (AvgIpc) is 2.65. The summed E-state index contributed by atoms with van der Waals surface area (Å²) in [6, 6.07) is 3.83. The normalized spacial score (nSPS) is 22.3. The van der Waals surface area contributed by atoms with Crippen LogP contribution in [-0.2, 0) is 10.8 Å². The van der Waals surface area contributed by atoms with E-state index in [0.717, 1.165) is 37.4 Å². The van der Waals surface area contributed by atoms with Crippen molar-refractivity contribution in [2.24, 2.45) is 4.99 Å². The van der Waals surface area contributed by atoms with Gasteiger partial charge in [-0.15, -0.1) is 0 Å². The van der Waals surface area contributed by atoms with Gasteiger partial charge in [-0.1, -0.05) is 24.9 Å². The fourth-order valence-corrected chi connectivity index (χ4v) is 4.46. The quantitative estimate of drug-likeness (QED) is 0.427. The molecule has 0 bridgehead atoms. The number of hydrogen-bond acceptors (Lipinski definition) is 4. The van der Waals surface area contributed by atoms with Crippen molar-refractivity contribution in [3.05, 3.63) is 23.4 Å². The van der Waals surface area contributed by atoms with Gasteiger partial charge in [0.15, 0.2) is 5.96 Å². The number of pyridine rings is 1. The summed E-state index contributed by atoms with van der Waals surface area (Å²) in [5, 5.41) is 7.46. The SMILES string of the molecule is CCS(=O)C1CCCC(NC(=NC)NCCOc2ncccc2Cl)C1. The molecule has 2 rings (SSSR count). The van der Waals surface area contributed by atoms with Gasteiger partial charge in [0.05, 0.1) is 6.54 Å². The molecule has 1 saturated carbocycles. The highest BCUT2D eigenvalue weighted by molar-refractivity contribution is 7.85. The summed E-state index contributed by atoms with van der Waals surface area (Å²) in [4.78, 5) is 8.34. The summed E-state index contributed by atoms with van der Waals surface area (Å²) in [7, 11) is 1.03. The largest absolute Gasteiger partial charge is 0.475 e. The molecule has 0 saturated heterocycles. The highest BCUT2D eigenvalue weighted by Gasteiger charge is 2.25. The van der Waals surface area contributed by atoms with E-state index < -0.39 is 10.8 Å². The molecule has 140 valence electrons. The van der Waals surface area contributed by atoms with Gasteiger partial charge in [-0.3, -0.25) is 9.20 Å². The van der Waals surface area contributed by atoms with Crippen molar-refractivity contribution in [1.82, 2.24) is 15.6 Å². The van der Waals surface area contributed by atoms with Gasteiger partial charge < -0.3 is 15.4 Å². The number of guanidine groups is 1. The van der Waals surface area contributed by atoms with Crippen LogP contribution in [0.25, 0.3) is 0 Å². The van der Waals surface area contributed by atoms with E-state index in [1.165, 1.54) is 0 Å². The molecule has 6 nitrogen and oxygen atoms in total. The number of aromatic nitrogens is 1. The molecule has 1 aliphatic carbocycles. The molecule has 1 heterocycles. The zero-order chi connectivity index (χ0) is 18.1. The lowest BCUT2D eigenvalue weighted by Crippen LogP contribution is -2.47. The minimum absolute atomic E-state index is 0.295. The van der Waals surface area contributed by atoms with Crippen molar-refractivity contribution < 1.29 is 8.95 Å². The van der Waals surface area contributed by atoms with E-state index in [-0.39, 0.29) is 0 Å². The Morgan fingerprint density at radius 3 is 3.08 bits per heavy atom. The molecule has 0 aliphatic heterocycles. The number of aliphatic imine (C=N–C) groups is 1. The lowest BCUT2D eigenvalue weighted by atomic mass is 9.95. The van der Waals surface area contributed by atoms with Crippen LogP contribution in [0.4, 0.5) is 0 Å². The van der Waals surface area contributed by atoms with Gasteiger partial charge in [-0.25, -0.2) is 4.98 Å². The molecule has 1 aromatic heterocycles. The minimum Gasteiger partial charge on any atom is -0.475 e. The second-order valence-corrected chi connectivity index (χ2v) is 8.35. The van der Waals surface area contributed by atoms with E-state index in [1.54, 1.807) is 25.4 Å². The summed E-state index contributed by atoms with van der Waals surface area (Å²) in [6.45, 7) is 3.01. The molecule has 3 atom stereocenters. The molecule has 0 aromatic carbocycles. The summed E-state index contributed by atoms with van der Waals surface area (Å²) in [5.41, 5.74) is 0. The number of halogens is 1. The maximum atomic E-state index is 12.0. The van der Waals surface area contributed by atoms with Gasteiger partial charge in [0.2, 0.25) is 5.88 Å². The topological polar surface area (TPSA) is 75.6 Å². The second-order valence-electron chi connectivity index (χ2n) is 5.94. The Kier molecular flexibility index (Phi) is 8.48. The third kappa shape index (κ3) is 6.47. The van der Waals surface area contributed by atoms with E-state index >= 15 is 0 Å². The fraction of sp³-hybridized carbons (Fsp3) is 0.647. The van der Waals surface area contributed by atoms with E-state index in [4.69, 9.17) is 16.3 Å². The smallest absolute Gasteiger partial charge is 0.232 e. The van der Waals surface area contributed by atoms with Crippen LogP contribution in [0.3, 0.4) is 0 Å². The summed E-state index contributed by atoms with van der Waals surface area (Å²) in [5.74, 6) is 1.91. The summed E-state index contributed by atoms with van der Waals surface area (Å²) >= 11 is 6.00. The molecule has 3 unspecified atom stereocenters. The molecule has 1 aliphatic rings. The van der Waals surface area contributed by atoms with Gasteiger partial charge in [-0.2, -0.15) is 0 Å². The first kappa shape index (κ1) is 20.0. The van der Waals surface area contributed by atoms with Crippen LogP contribution in [0, 0.1) is 0 Å². The maximum absolute atomic E-state index is 12.0. The van der Waals surface area contributed by atoms with Crippen LogP contribution in [0.2, 0.25) is 5.02 Å². The predicted octanol–water partition coefficient (Wildman–Crippen LogP) is 2.36. The lowest BCUT2D eigenvalue weighted by molar-refractivity contribution is 0.309. The summed E-state index contributed by atoms with van der Waals surface area (Å²) < 4.78 is 17.6. The van der Waals surface area contributed by atoms with Crippen LogP contribution in [-0.4, -0.2) is 52.4 Å². The minimum atomic E-state index is -0.721. The highest BCUT2D eigenvalue weighted by Crippen LogP contribution is 2.23. The van der Waals surface area contributed by atoms with E-state index in [2.05, 4.69) is 20.6 Å². The third-order valence-electron chi connectivity index (χ3n) is 4.20. The van der Waals surface area contributed by atoms with E-state index in [1.807, 2.05) is 6.92 Å². The van der Waals surface area contributed by atoms with Crippen LogP contribution >= 0.6 is 11.6 Å². The van der Waals surface area contributed by atoms with Crippen molar-refractivity contribution >= 4 is 28.4 Å². The van der Waals surface area contributed by atoms with Crippen LogP contribution in [0.5, 0.6) is 5.88 Å². The van der Waals surface area contributed by atoms with Gasteiger partial charge in [-0.05, 0) is 31.4 Å². The molecule has 0 amide bonds. The number of nitrogens with zero attached hydrogens (tertiary/aromatic N) is 2. The van der Waals surface area contributed by atoms with Crippen LogP contribution < -0.4 is 15.4 Å². The summed E-state index contributed by atoms with van der Waals surface area (Å²) in [6.07, 6.45) is 5.82. The Balaban J connectivity index is 1.73. The van der Waals surface area contributed by atoms with Crippen LogP contribution in [0.15, 0.2) is 23.3 Å². The Morgan fingerprint density at radius 1 is 1.52 bits per heavy atom. The first-order valence-electron chi connectivity index (χ1n) is 8.71. The van der Waals surface area contributed by atoms with E-state index in [0.29, 0.717) is 35.3 Å².